The summed E-state index contributed by atoms with van der Waals surface area (Å²) in [7, 11) is 1.68. The minimum atomic E-state index is -0.552. The fourth-order valence-electron chi connectivity index (χ4n) is 4.49. The number of benzene rings is 2. The molecule has 1 saturated carbocycles. The van der Waals surface area contributed by atoms with Crippen molar-refractivity contribution in [2.45, 2.75) is 44.7 Å². The average molecular weight is 433 g/mol. The summed E-state index contributed by atoms with van der Waals surface area (Å²) in [6.45, 7) is 2.98. The first-order chi connectivity index (χ1) is 15.5. The normalized spacial score (nSPS) is 19.0. The van der Waals surface area contributed by atoms with Gasteiger partial charge < -0.3 is 15.1 Å². The fraction of sp³-hybridized carbons (Fsp3) is 0.400. The molecule has 1 aromatic heterocycles. The van der Waals surface area contributed by atoms with Crippen LogP contribution in [0.5, 0.6) is 0 Å². The van der Waals surface area contributed by atoms with Crippen LogP contribution in [0, 0.1) is 17.2 Å². The summed E-state index contributed by atoms with van der Waals surface area (Å²) in [6.07, 6.45) is 3.16. The standard InChI is InChI=1S/C25H28N4O3/c1-3-27-20-10-8-19(13-20)24(30)28-21(15-26)12-16-4-6-17(7-5-16)18-9-11-23-22(14-18)29(2)25(31)32-23/h4-7,9,11,14,19-21,27H,3,8,10,12-13H2,1-2H3,(H,28,30)/t19?,20?,21-/m0/s1. The van der Waals surface area contributed by atoms with Crippen LogP contribution in [0.4, 0.5) is 0 Å². The van der Waals surface area contributed by atoms with E-state index in [0.29, 0.717) is 18.0 Å². The van der Waals surface area contributed by atoms with E-state index in [0.717, 1.165) is 48.0 Å². The topological polar surface area (TPSA) is 100 Å². The van der Waals surface area contributed by atoms with Gasteiger partial charge in [0.25, 0.3) is 0 Å². The lowest BCUT2D eigenvalue weighted by molar-refractivity contribution is -0.125. The van der Waals surface area contributed by atoms with Crippen molar-refractivity contribution in [2.24, 2.45) is 13.0 Å². The lowest BCUT2D eigenvalue weighted by atomic mass is 10.00. The molecule has 1 aliphatic carbocycles. The van der Waals surface area contributed by atoms with Crippen LogP contribution < -0.4 is 16.4 Å². The van der Waals surface area contributed by atoms with Gasteiger partial charge in [-0.25, -0.2) is 4.79 Å². The second-order valence-corrected chi connectivity index (χ2v) is 8.47. The molecule has 7 heteroatoms. The van der Waals surface area contributed by atoms with E-state index in [4.69, 9.17) is 4.42 Å². The SMILES string of the molecule is CCNC1CCC(C(=O)N[C@H](C#N)Cc2ccc(-c3ccc4oc(=O)n(C)c4c3)cc2)C1. The highest BCUT2D eigenvalue weighted by molar-refractivity contribution is 5.81. The van der Waals surface area contributed by atoms with Crippen molar-refractivity contribution >= 4 is 17.0 Å². The summed E-state index contributed by atoms with van der Waals surface area (Å²) in [4.78, 5) is 24.3. The second-order valence-electron chi connectivity index (χ2n) is 8.47. The zero-order valence-corrected chi connectivity index (χ0v) is 18.4. The number of nitriles is 1. The molecule has 1 amide bonds. The Morgan fingerprint density at radius 1 is 1.22 bits per heavy atom. The second kappa shape index (κ2) is 9.41. The monoisotopic (exact) mass is 432 g/mol. The number of oxazole rings is 1. The van der Waals surface area contributed by atoms with Crippen LogP contribution in [0.15, 0.2) is 51.7 Å². The largest absolute Gasteiger partial charge is 0.419 e. The Morgan fingerprint density at radius 3 is 2.69 bits per heavy atom. The maximum atomic E-state index is 12.6. The molecule has 0 spiro atoms. The van der Waals surface area contributed by atoms with Crippen molar-refractivity contribution in [3.8, 4) is 17.2 Å². The van der Waals surface area contributed by atoms with E-state index >= 15 is 0 Å². The van der Waals surface area contributed by atoms with Gasteiger partial charge in [-0.3, -0.25) is 9.36 Å². The molecule has 3 atom stereocenters. The number of hydrogen-bond acceptors (Lipinski definition) is 5. The number of aromatic nitrogens is 1. The number of nitrogens with zero attached hydrogens (tertiary/aromatic N) is 2. The molecule has 166 valence electrons. The van der Waals surface area contributed by atoms with Gasteiger partial charge in [0.05, 0.1) is 11.6 Å². The molecule has 0 bridgehead atoms. The van der Waals surface area contributed by atoms with Crippen molar-refractivity contribution in [3.63, 3.8) is 0 Å². The molecule has 3 aromatic rings. The Kier molecular flexibility index (Phi) is 6.42. The predicted molar refractivity (Wildman–Crippen MR) is 123 cm³/mol. The molecular weight excluding hydrogens is 404 g/mol. The lowest BCUT2D eigenvalue weighted by Crippen LogP contribution is -2.39. The summed E-state index contributed by atoms with van der Waals surface area (Å²) in [6, 6.07) is 15.6. The van der Waals surface area contributed by atoms with Gasteiger partial charge in [-0.15, -0.1) is 0 Å². The molecule has 1 fully saturated rings. The van der Waals surface area contributed by atoms with Crippen molar-refractivity contribution in [2.75, 3.05) is 6.54 Å². The van der Waals surface area contributed by atoms with Gasteiger partial charge in [0.2, 0.25) is 5.91 Å². The summed E-state index contributed by atoms with van der Waals surface area (Å²) in [5.41, 5.74) is 4.26. The van der Waals surface area contributed by atoms with Crippen LogP contribution >= 0.6 is 0 Å². The predicted octanol–water partition coefficient (Wildman–Crippen LogP) is 3.13. The molecule has 4 rings (SSSR count). The number of carbonyl (C=O) groups is 1. The van der Waals surface area contributed by atoms with Gasteiger partial charge in [-0.1, -0.05) is 37.3 Å². The highest BCUT2D eigenvalue weighted by Crippen LogP contribution is 2.26. The molecule has 7 nitrogen and oxygen atoms in total. The van der Waals surface area contributed by atoms with Crippen LogP contribution in [-0.4, -0.2) is 29.1 Å². The van der Waals surface area contributed by atoms with E-state index in [9.17, 15) is 14.9 Å². The number of hydrogen-bond donors (Lipinski definition) is 2. The molecule has 0 radical (unpaired) electrons. The minimum Gasteiger partial charge on any atom is -0.408 e. The Hall–Kier alpha value is -3.37. The number of aryl methyl sites for hydroxylation is 1. The van der Waals surface area contributed by atoms with Crippen LogP contribution in [0.2, 0.25) is 0 Å². The van der Waals surface area contributed by atoms with E-state index in [1.807, 2.05) is 36.4 Å². The maximum absolute atomic E-state index is 12.6. The first kappa shape index (κ1) is 21.8. The molecule has 2 N–H and O–H groups in total. The van der Waals surface area contributed by atoms with E-state index in [-0.39, 0.29) is 17.6 Å². The van der Waals surface area contributed by atoms with Crippen molar-refractivity contribution in [1.29, 1.82) is 5.26 Å². The molecule has 0 saturated heterocycles. The number of amides is 1. The quantitative estimate of drug-likeness (QED) is 0.598. The zero-order chi connectivity index (χ0) is 22.7. The van der Waals surface area contributed by atoms with Gasteiger partial charge in [0.1, 0.15) is 6.04 Å². The van der Waals surface area contributed by atoms with E-state index in [1.54, 1.807) is 13.1 Å². The Balaban J connectivity index is 1.40. The number of nitrogens with one attached hydrogen (secondary N) is 2. The highest BCUT2D eigenvalue weighted by atomic mass is 16.4. The summed E-state index contributed by atoms with van der Waals surface area (Å²) in [5, 5.41) is 15.9. The Bertz CT molecular complexity index is 1200. The Labute approximate surface area is 187 Å². The van der Waals surface area contributed by atoms with Crippen LogP contribution in [0.25, 0.3) is 22.2 Å². The minimum absolute atomic E-state index is 0.0207. The van der Waals surface area contributed by atoms with E-state index in [1.165, 1.54) is 4.57 Å². The first-order valence-electron chi connectivity index (χ1n) is 11.1. The molecule has 0 aliphatic heterocycles. The Morgan fingerprint density at radius 2 is 1.97 bits per heavy atom. The fourth-order valence-corrected chi connectivity index (χ4v) is 4.49. The summed E-state index contributed by atoms with van der Waals surface area (Å²) < 4.78 is 6.67. The molecule has 2 aromatic carbocycles. The van der Waals surface area contributed by atoms with Crippen LogP contribution in [0.3, 0.4) is 0 Å². The lowest BCUT2D eigenvalue weighted by Gasteiger charge is -2.16. The number of rotatable bonds is 7. The van der Waals surface area contributed by atoms with Gasteiger partial charge in [0.15, 0.2) is 5.58 Å². The van der Waals surface area contributed by atoms with Crippen molar-refractivity contribution < 1.29 is 9.21 Å². The number of fused-ring (bicyclic) bond motifs is 1. The van der Waals surface area contributed by atoms with Crippen LogP contribution in [-0.2, 0) is 18.3 Å². The van der Waals surface area contributed by atoms with E-state index in [2.05, 4.69) is 23.6 Å². The summed E-state index contributed by atoms with van der Waals surface area (Å²) in [5.74, 6) is -0.425. The van der Waals surface area contributed by atoms with Crippen molar-refractivity contribution in [3.05, 3.63) is 58.6 Å². The zero-order valence-electron chi connectivity index (χ0n) is 18.4. The van der Waals surface area contributed by atoms with Crippen molar-refractivity contribution in [1.82, 2.24) is 15.2 Å². The van der Waals surface area contributed by atoms with Gasteiger partial charge in [-0.05, 0) is 54.6 Å². The molecule has 32 heavy (non-hydrogen) atoms. The third-order valence-corrected chi connectivity index (χ3v) is 6.29. The van der Waals surface area contributed by atoms with E-state index < -0.39 is 6.04 Å². The van der Waals surface area contributed by atoms with Crippen LogP contribution in [0.1, 0.15) is 31.7 Å². The van der Waals surface area contributed by atoms with Gasteiger partial charge >= 0.3 is 5.76 Å². The third-order valence-electron chi connectivity index (χ3n) is 6.29. The highest BCUT2D eigenvalue weighted by Gasteiger charge is 2.30. The summed E-state index contributed by atoms with van der Waals surface area (Å²) >= 11 is 0. The third kappa shape index (κ3) is 4.61. The maximum Gasteiger partial charge on any atom is 0.419 e. The molecule has 2 unspecified atom stereocenters. The molecule has 1 aliphatic rings. The average Bonchev–Trinajstić information content (AvgIpc) is 3.38. The molecular formula is C25H28N4O3. The smallest absolute Gasteiger partial charge is 0.408 e. The number of carbonyl (C=O) groups excluding carboxylic acids is 1. The van der Waals surface area contributed by atoms with Gasteiger partial charge in [0, 0.05) is 25.4 Å². The van der Waals surface area contributed by atoms with Gasteiger partial charge in [-0.2, -0.15) is 5.26 Å². The first-order valence-corrected chi connectivity index (χ1v) is 11.1. The molecule has 1 heterocycles.